The van der Waals surface area contributed by atoms with Crippen LogP contribution >= 0.6 is 0 Å². The summed E-state index contributed by atoms with van der Waals surface area (Å²) in [5.41, 5.74) is 1.33. The second kappa shape index (κ2) is 8.01. The van der Waals surface area contributed by atoms with Crippen molar-refractivity contribution in [2.75, 3.05) is 11.9 Å². The standard InChI is InChI=1S/C20H24FNO3/c1-20(2,3)14-10-11-17(23)16(13-14)22-19(24)9-6-12-25-18-8-5-4-7-15(18)21/h4-5,7-8,10-11,13,23H,6,9,12H2,1-3H3,(H,22,24). The highest BCUT2D eigenvalue weighted by Gasteiger charge is 2.16. The van der Waals surface area contributed by atoms with Crippen molar-refractivity contribution in [3.63, 3.8) is 0 Å². The summed E-state index contributed by atoms with van der Waals surface area (Å²) in [5.74, 6) is -0.434. The van der Waals surface area contributed by atoms with Gasteiger partial charge in [-0.3, -0.25) is 4.79 Å². The number of para-hydroxylation sites is 1. The summed E-state index contributed by atoms with van der Waals surface area (Å²) in [7, 11) is 0. The zero-order chi connectivity index (χ0) is 18.4. The lowest BCUT2D eigenvalue weighted by atomic mass is 9.87. The molecule has 0 aliphatic rings. The molecular weight excluding hydrogens is 321 g/mol. The number of benzene rings is 2. The normalized spacial score (nSPS) is 11.2. The molecule has 2 aromatic rings. The number of carbonyl (C=O) groups is 1. The van der Waals surface area contributed by atoms with Gasteiger partial charge in [-0.25, -0.2) is 4.39 Å². The minimum absolute atomic E-state index is 0.0314. The number of carbonyl (C=O) groups excluding carboxylic acids is 1. The molecule has 134 valence electrons. The Balaban J connectivity index is 1.85. The average Bonchev–Trinajstić information content (AvgIpc) is 2.54. The molecular formula is C20H24FNO3. The number of halogens is 1. The van der Waals surface area contributed by atoms with Crippen LogP contribution in [-0.2, 0) is 10.2 Å². The molecule has 0 saturated heterocycles. The molecule has 0 aromatic heterocycles. The van der Waals surface area contributed by atoms with Crippen molar-refractivity contribution in [3.05, 3.63) is 53.8 Å². The van der Waals surface area contributed by atoms with Gasteiger partial charge in [0.25, 0.3) is 0 Å². The van der Waals surface area contributed by atoms with Gasteiger partial charge in [-0.15, -0.1) is 0 Å². The van der Waals surface area contributed by atoms with Crippen LogP contribution in [0.15, 0.2) is 42.5 Å². The highest BCUT2D eigenvalue weighted by Crippen LogP contribution is 2.30. The maximum absolute atomic E-state index is 13.4. The Labute approximate surface area is 147 Å². The van der Waals surface area contributed by atoms with E-state index in [1.807, 2.05) is 6.07 Å². The summed E-state index contributed by atoms with van der Waals surface area (Å²) in [5, 5.41) is 12.6. The lowest BCUT2D eigenvalue weighted by Crippen LogP contribution is -2.15. The first kappa shape index (κ1) is 18.8. The van der Waals surface area contributed by atoms with Crippen molar-refractivity contribution in [3.8, 4) is 11.5 Å². The SMILES string of the molecule is CC(C)(C)c1ccc(O)c(NC(=O)CCCOc2ccccc2F)c1. The predicted octanol–water partition coefficient (Wildman–Crippen LogP) is 4.63. The molecule has 0 saturated carbocycles. The Morgan fingerprint density at radius 1 is 1.20 bits per heavy atom. The van der Waals surface area contributed by atoms with E-state index in [0.29, 0.717) is 12.1 Å². The largest absolute Gasteiger partial charge is 0.506 e. The van der Waals surface area contributed by atoms with Crippen LogP contribution in [0, 0.1) is 5.82 Å². The van der Waals surface area contributed by atoms with Crippen LogP contribution in [0.5, 0.6) is 11.5 Å². The topological polar surface area (TPSA) is 58.6 Å². The summed E-state index contributed by atoms with van der Waals surface area (Å²) >= 11 is 0. The molecule has 0 radical (unpaired) electrons. The van der Waals surface area contributed by atoms with E-state index < -0.39 is 5.82 Å². The molecule has 0 heterocycles. The highest BCUT2D eigenvalue weighted by atomic mass is 19.1. The third-order valence-electron chi connectivity index (χ3n) is 3.78. The lowest BCUT2D eigenvalue weighted by molar-refractivity contribution is -0.116. The van der Waals surface area contributed by atoms with Crippen LogP contribution in [0.3, 0.4) is 0 Å². The van der Waals surface area contributed by atoms with Crippen LogP contribution in [0.4, 0.5) is 10.1 Å². The van der Waals surface area contributed by atoms with Gasteiger partial charge >= 0.3 is 0 Å². The lowest BCUT2D eigenvalue weighted by Gasteiger charge is -2.20. The number of rotatable bonds is 6. The molecule has 2 aromatic carbocycles. The van der Waals surface area contributed by atoms with Crippen molar-refractivity contribution in [1.82, 2.24) is 0 Å². The van der Waals surface area contributed by atoms with Crippen LogP contribution in [0.2, 0.25) is 0 Å². The molecule has 2 N–H and O–H groups in total. The number of hydrogen-bond donors (Lipinski definition) is 2. The van der Waals surface area contributed by atoms with Gasteiger partial charge in [-0.05, 0) is 41.7 Å². The second-order valence-corrected chi connectivity index (χ2v) is 6.91. The monoisotopic (exact) mass is 345 g/mol. The molecule has 1 amide bonds. The number of aromatic hydroxyl groups is 1. The molecule has 0 aliphatic heterocycles. The minimum atomic E-state index is -0.420. The smallest absolute Gasteiger partial charge is 0.224 e. The van der Waals surface area contributed by atoms with Crippen molar-refractivity contribution in [1.29, 1.82) is 0 Å². The van der Waals surface area contributed by atoms with Gasteiger partial charge < -0.3 is 15.2 Å². The summed E-state index contributed by atoms with van der Waals surface area (Å²) in [6, 6.07) is 11.4. The summed E-state index contributed by atoms with van der Waals surface area (Å²) in [6.07, 6.45) is 0.660. The zero-order valence-corrected chi connectivity index (χ0v) is 14.8. The van der Waals surface area contributed by atoms with E-state index in [4.69, 9.17) is 4.74 Å². The number of phenols is 1. The number of hydrogen-bond acceptors (Lipinski definition) is 3. The van der Waals surface area contributed by atoms with Crippen LogP contribution in [-0.4, -0.2) is 17.6 Å². The van der Waals surface area contributed by atoms with Crippen LogP contribution in [0.25, 0.3) is 0 Å². The first-order valence-electron chi connectivity index (χ1n) is 8.28. The van der Waals surface area contributed by atoms with Crippen molar-refractivity contribution < 1.29 is 19.0 Å². The van der Waals surface area contributed by atoms with E-state index in [2.05, 4.69) is 26.1 Å². The molecule has 0 spiro atoms. The third kappa shape index (κ3) is 5.48. The molecule has 25 heavy (non-hydrogen) atoms. The Hall–Kier alpha value is -2.56. The van der Waals surface area contributed by atoms with Gasteiger partial charge in [0.15, 0.2) is 11.6 Å². The molecule has 0 unspecified atom stereocenters. The van der Waals surface area contributed by atoms with Gasteiger partial charge in [0.1, 0.15) is 5.75 Å². The minimum Gasteiger partial charge on any atom is -0.506 e. The van der Waals surface area contributed by atoms with Crippen LogP contribution < -0.4 is 10.1 Å². The highest BCUT2D eigenvalue weighted by molar-refractivity contribution is 5.92. The molecule has 0 bridgehead atoms. The van der Waals surface area contributed by atoms with Gasteiger partial charge in [0.2, 0.25) is 5.91 Å². The fourth-order valence-electron chi connectivity index (χ4n) is 2.29. The van der Waals surface area contributed by atoms with E-state index >= 15 is 0 Å². The van der Waals surface area contributed by atoms with Crippen molar-refractivity contribution >= 4 is 11.6 Å². The van der Waals surface area contributed by atoms with Gasteiger partial charge in [0.05, 0.1) is 12.3 Å². The van der Waals surface area contributed by atoms with E-state index in [1.165, 1.54) is 6.07 Å². The average molecular weight is 345 g/mol. The number of amides is 1. The van der Waals surface area contributed by atoms with E-state index in [1.54, 1.807) is 30.3 Å². The van der Waals surface area contributed by atoms with E-state index in [9.17, 15) is 14.3 Å². The van der Waals surface area contributed by atoms with Crippen LogP contribution in [0.1, 0.15) is 39.2 Å². The van der Waals surface area contributed by atoms with Crippen molar-refractivity contribution in [2.24, 2.45) is 0 Å². The first-order valence-corrected chi connectivity index (χ1v) is 8.28. The van der Waals surface area contributed by atoms with E-state index in [0.717, 1.165) is 5.56 Å². The van der Waals surface area contributed by atoms with Gasteiger partial charge in [-0.2, -0.15) is 0 Å². The Kier molecular flexibility index (Phi) is 6.02. The fraction of sp³-hybridized carbons (Fsp3) is 0.350. The summed E-state index contributed by atoms with van der Waals surface area (Å²) < 4.78 is 18.7. The zero-order valence-electron chi connectivity index (χ0n) is 14.8. The molecule has 4 nitrogen and oxygen atoms in total. The van der Waals surface area contributed by atoms with Gasteiger partial charge in [0, 0.05) is 6.42 Å². The Morgan fingerprint density at radius 3 is 2.60 bits per heavy atom. The molecule has 0 aliphatic carbocycles. The molecule has 0 atom stereocenters. The predicted molar refractivity (Wildman–Crippen MR) is 96.6 cm³/mol. The second-order valence-electron chi connectivity index (χ2n) is 6.91. The maximum atomic E-state index is 13.4. The number of anilines is 1. The number of phenolic OH excluding ortho intramolecular Hbond substituents is 1. The fourth-order valence-corrected chi connectivity index (χ4v) is 2.29. The maximum Gasteiger partial charge on any atom is 0.224 e. The summed E-state index contributed by atoms with van der Waals surface area (Å²) in [4.78, 5) is 12.1. The Morgan fingerprint density at radius 2 is 1.92 bits per heavy atom. The van der Waals surface area contributed by atoms with Crippen molar-refractivity contribution in [2.45, 2.75) is 39.0 Å². The van der Waals surface area contributed by atoms with Gasteiger partial charge in [-0.1, -0.05) is 39.0 Å². The molecule has 5 heteroatoms. The third-order valence-corrected chi connectivity index (χ3v) is 3.78. The summed E-state index contributed by atoms with van der Waals surface area (Å²) in [6.45, 7) is 6.42. The molecule has 2 rings (SSSR count). The molecule has 0 fully saturated rings. The first-order chi connectivity index (χ1) is 11.8. The Bertz CT molecular complexity index is 738. The quantitative estimate of drug-likeness (QED) is 0.593. The van der Waals surface area contributed by atoms with E-state index in [-0.39, 0.29) is 35.8 Å². The number of ether oxygens (including phenoxy) is 1. The number of nitrogens with one attached hydrogen (secondary N) is 1.